The molecular weight excluding hydrogens is 412 g/mol. The van der Waals surface area contributed by atoms with Crippen molar-refractivity contribution >= 4 is 40.9 Å². The number of carbonyl (C=O) groups excluding carboxylic acids is 1. The van der Waals surface area contributed by atoms with E-state index in [2.05, 4.69) is 26.8 Å². The van der Waals surface area contributed by atoms with Gasteiger partial charge in [0.25, 0.3) is 0 Å². The molecule has 2 N–H and O–H groups in total. The SMILES string of the molecule is Cc1cnc(NC(=O)Nc2cc(Cl)ccc2OC(C)C2CN(C#N)CCS2)cn1. The van der Waals surface area contributed by atoms with Gasteiger partial charge < -0.3 is 15.0 Å². The van der Waals surface area contributed by atoms with Crippen LogP contribution in [-0.2, 0) is 0 Å². The topological polar surface area (TPSA) is 103 Å². The quantitative estimate of drug-likeness (QED) is 0.693. The summed E-state index contributed by atoms with van der Waals surface area (Å²) in [6.45, 7) is 5.15. The lowest BCUT2D eigenvalue weighted by molar-refractivity contribution is 0.200. The van der Waals surface area contributed by atoms with Gasteiger partial charge >= 0.3 is 6.03 Å². The lowest BCUT2D eigenvalue weighted by Crippen LogP contribution is -2.41. The maximum Gasteiger partial charge on any atom is 0.325 e. The average Bonchev–Trinajstić information content (AvgIpc) is 2.71. The summed E-state index contributed by atoms with van der Waals surface area (Å²) < 4.78 is 6.11. The predicted molar refractivity (Wildman–Crippen MR) is 114 cm³/mol. The van der Waals surface area contributed by atoms with Gasteiger partial charge in [-0.25, -0.2) is 9.78 Å². The van der Waals surface area contributed by atoms with Crippen molar-refractivity contribution in [3.05, 3.63) is 41.3 Å². The number of nitrogens with one attached hydrogen (secondary N) is 2. The van der Waals surface area contributed by atoms with E-state index >= 15 is 0 Å². The van der Waals surface area contributed by atoms with E-state index in [4.69, 9.17) is 21.6 Å². The van der Waals surface area contributed by atoms with E-state index in [1.54, 1.807) is 41.1 Å². The molecule has 1 aliphatic heterocycles. The molecule has 1 fully saturated rings. The van der Waals surface area contributed by atoms with Crippen molar-refractivity contribution < 1.29 is 9.53 Å². The molecule has 1 aromatic heterocycles. The predicted octanol–water partition coefficient (Wildman–Crippen LogP) is 3.75. The largest absolute Gasteiger partial charge is 0.487 e. The van der Waals surface area contributed by atoms with E-state index in [0.717, 1.165) is 18.0 Å². The number of thioether (sulfide) groups is 1. The van der Waals surface area contributed by atoms with Crippen LogP contribution in [0.15, 0.2) is 30.6 Å². The van der Waals surface area contributed by atoms with Gasteiger partial charge in [-0.1, -0.05) is 11.6 Å². The zero-order valence-electron chi connectivity index (χ0n) is 16.1. The molecule has 0 radical (unpaired) electrons. The van der Waals surface area contributed by atoms with Gasteiger partial charge in [0.1, 0.15) is 11.9 Å². The summed E-state index contributed by atoms with van der Waals surface area (Å²) in [6.07, 6.45) is 5.08. The van der Waals surface area contributed by atoms with Crippen molar-refractivity contribution in [3.63, 3.8) is 0 Å². The second-order valence-electron chi connectivity index (χ2n) is 6.54. The standard InChI is InChI=1S/C19H21ClN6O2S/c1-12-8-23-18(9-22-12)25-19(27)24-15-7-14(20)3-4-16(15)28-13(2)17-10-26(11-21)5-6-29-17/h3-4,7-9,13,17H,5-6,10H2,1-2H3,(H2,23,24,25,27). The number of benzene rings is 1. The van der Waals surface area contributed by atoms with Gasteiger partial charge in [0.2, 0.25) is 0 Å². The van der Waals surface area contributed by atoms with Crippen LogP contribution in [0.4, 0.5) is 16.3 Å². The van der Waals surface area contributed by atoms with Gasteiger partial charge in [-0.15, -0.1) is 0 Å². The summed E-state index contributed by atoms with van der Waals surface area (Å²) in [5, 5.41) is 15.1. The first kappa shape index (κ1) is 21.0. The zero-order valence-corrected chi connectivity index (χ0v) is 17.6. The number of ether oxygens (including phenoxy) is 1. The Hall–Kier alpha value is -2.70. The van der Waals surface area contributed by atoms with Crippen molar-refractivity contribution in [1.82, 2.24) is 14.9 Å². The Morgan fingerprint density at radius 1 is 1.41 bits per heavy atom. The maximum atomic E-state index is 12.4. The number of amides is 2. The molecule has 2 aromatic rings. The number of aryl methyl sites for hydroxylation is 1. The van der Waals surface area contributed by atoms with Crippen LogP contribution in [0, 0.1) is 18.4 Å². The fourth-order valence-electron chi connectivity index (χ4n) is 2.76. The number of nitriles is 1. The Bertz CT molecular complexity index is 905. The van der Waals surface area contributed by atoms with Gasteiger partial charge in [0, 0.05) is 23.9 Å². The summed E-state index contributed by atoms with van der Waals surface area (Å²) in [7, 11) is 0. The lowest BCUT2D eigenvalue weighted by atomic mass is 10.2. The highest BCUT2D eigenvalue weighted by molar-refractivity contribution is 8.00. The van der Waals surface area contributed by atoms with Crippen molar-refractivity contribution in [3.8, 4) is 11.9 Å². The second kappa shape index (κ2) is 9.67. The van der Waals surface area contributed by atoms with E-state index in [1.807, 2.05) is 13.8 Å². The number of hydrogen-bond acceptors (Lipinski definition) is 7. The third kappa shape index (κ3) is 5.89. The van der Waals surface area contributed by atoms with Gasteiger partial charge in [-0.05, 0) is 32.0 Å². The molecule has 1 aliphatic rings. The number of halogens is 1. The zero-order chi connectivity index (χ0) is 20.8. The number of rotatable bonds is 5. The summed E-state index contributed by atoms with van der Waals surface area (Å²) >= 11 is 7.88. The Balaban J connectivity index is 1.68. The van der Waals surface area contributed by atoms with Crippen molar-refractivity contribution in [2.24, 2.45) is 0 Å². The third-order valence-electron chi connectivity index (χ3n) is 4.28. The number of carbonyl (C=O) groups is 1. The first-order valence-electron chi connectivity index (χ1n) is 9.03. The third-order valence-corrected chi connectivity index (χ3v) is 5.90. The smallest absolute Gasteiger partial charge is 0.325 e. The highest BCUT2D eigenvalue weighted by atomic mass is 35.5. The summed E-state index contributed by atoms with van der Waals surface area (Å²) in [5.41, 5.74) is 1.20. The first-order chi connectivity index (χ1) is 13.9. The molecule has 1 aromatic carbocycles. The molecule has 0 spiro atoms. The Morgan fingerprint density at radius 3 is 2.97 bits per heavy atom. The summed E-state index contributed by atoms with van der Waals surface area (Å²) in [4.78, 5) is 22.3. The normalized spacial score (nSPS) is 17.2. The molecule has 0 saturated carbocycles. The van der Waals surface area contributed by atoms with Crippen LogP contribution in [0.3, 0.4) is 0 Å². The molecule has 152 valence electrons. The molecule has 2 unspecified atom stereocenters. The Morgan fingerprint density at radius 2 is 2.24 bits per heavy atom. The van der Waals surface area contributed by atoms with Crippen molar-refractivity contribution in [2.75, 3.05) is 29.5 Å². The number of aromatic nitrogens is 2. The molecule has 29 heavy (non-hydrogen) atoms. The summed E-state index contributed by atoms with van der Waals surface area (Å²) in [5.74, 6) is 1.71. The number of nitrogens with zero attached hydrogens (tertiary/aromatic N) is 4. The molecule has 8 nitrogen and oxygen atoms in total. The van der Waals surface area contributed by atoms with Gasteiger partial charge in [0.15, 0.2) is 12.0 Å². The van der Waals surface area contributed by atoms with E-state index in [0.29, 0.717) is 28.8 Å². The first-order valence-corrected chi connectivity index (χ1v) is 10.5. The Labute approximate surface area is 178 Å². The van der Waals surface area contributed by atoms with E-state index in [-0.39, 0.29) is 11.4 Å². The maximum absolute atomic E-state index is 12.4. The molecular formula is C19H21ClN6O2S. The van der Waals surface area contributed by atoms with E-state index < -0.39 is 6.03 Å². The van der Waals surface area contributed by atoms with Gasteiger partial charge in [-0.3, -0.25) is 10.3 Å². The molecule has 2 heterocycles. The minimum atomic E-state index is -0.481. The van der Waals surface area contributed by atoms with Gasteiger partial charge in [0.05, 0.1) is 29.0 Å². The molecule has 10 heteroatoms. The highest BCUT2D eigenvalue weighted by Crippen LogP contribution is 2.31. The Kier molecular flexibility index (Phi) is 7.01. The fourth-order valence-corrected chi connectivity index (χ4v) is 4.17. The second-order valence-corrected chi connectivity index (χ2v) is 8.32. The summed E-state index contributed by atoms with van der Waals surface area (Å²) in [6, 6.07) is 4.56. The molecule has 2 amide bonds. The monoisotopic (exact) mass is 432 g/mol. The number of urea groups is 1. The van der Waals surface area contributed by atoms with E-state index in [9.17, 15) is 4.79 Å². The van der Waals surface area contributed by atoms with Crippen LogP contribution >= 0.6 is 23.4 Å². The number of anilines is 2. The molecule has 1 saturated heterocycles. The van der Waals surface area contributed by atoms with Crippen molar-refractivity contribution in [1.29, 1.82) is 5.26 Å². The average molecular weight is 433 g/mol. The van der Waals surface area contributed by atoms with Crippen LogP contribution in [-0.4, -0.2) is 51.1 Å². The molecule has 3 rings (SSSR count). The molecule has 2 atom stereocenters. The van der Waals surface area contributed by atoms with Crippen LogP contribution in [0.2, 0.25) is 5.02 Å². The van der Waals surface area contributed by atoms with Gasteiger partial charge in [-0.2, -0.15) is 17.0 Å². The minimum absolute atomic E-state index is 0.142. The molecule has 0 aliphatic carbocycles. The fraction of sp³-hybridized carbons (Fsp3) is 0.368. The van der Waals surface area contributed by atoms with Crippen LogP contribution < -0.4 is 15.4 Å². The number of hydrogen-bond donors (Lipinski definition) is 2. The van der Waals surface area contributed by atoms with E-state index in [1.165, 1.54) is 6.20 Å². The van der Waals surface area contributed by atoms with Crippen LogP contribution in [0.1, 0.15) is 12.6 Å². The highest BCUT2D eigenvalue weighted by Gasteiger charge is 2.27. The lowest BCUT2D eigenvalue weighted by Gasteiger charge is -2.32. The molecule has 0 bridgehead atoms. The van der Waals surface area contributed by atoms with Crippen LogP contribution in [0.5, 0.6) is 5.75 Å². The van der Waals surface area contributed by atoms with Crippen LogP contribution in [0.25, 0.3) is 0 Å². The van der Waals surface area contributed by atoms with Crippen molar-refractivity contribution in [2.45, 2.75) is 25.2 Å². The minimum Gasteiger partial charge on any atom is -0.487 e.